The van der Waals surface area contributed by atoms with E-state index in [2.05, 4.69) is 10.3 Å². The van der Waals surface area contributed by atoms with Crippen LogP contribution in [0, 0.1) is 0 Å². The number of rotatable bonds is 3. The molecule has 19 heavy (non-hydrogen) atoms. The first-order valence-electron chi connectivity index (χ1n) is 5.86. The average molecular weight is 274 g/mol. The number of nitrogens with two attached hydrogens (primary N) is 1. The van der Waals surface area contributed by atoms with Gasteiger partial charge in [-0.1, -0.05) is 29.8 Å². The number of hydrogen-bond donors (Lipinski definition) is 2. The Morgan fingerprint density at radius 2 is 2.05 bits per heavy atom. The highest BCUT2D eigenvalue weighted by Gasteiger charge is 2.07. The minimum absolute atomic E-state index is 0.452. The normalized spacial score (nSPS) is 10.8. The summed E-state index contributed by atoms with van der Waals surface area (Å²) in [6, 6.07) is 13.5. The molecule has 0 saturated heterocycles. The summed E-state index contributed by atoms with van der Waals surface area (Å²) >= 11 is 5.93. The Bertz CT molecular complexity index is 724. The minimum atomic E-state index is 0.452. The summed E-state index contributed by atoms with van der Waals surface area (Å²) in [4.78, 5) is 4.31. The molecular weight excluding hydrogens is 262 g/mol. The number of hydrogen-bond acceptors (Lipinski definition) is 4. The SMILES string of the molecule is Nc1cccc2oc(NCc3cccc(Cl)c3)nc12. The van der Waals surface area contributed by atoms with Gasteiger partial charge in [0.2, 0.25) is 0 Å². The number of aromatic nitrogens is 1. The zero-order valence-electron chi connectivity index (χ0n) is 10.1. The predicted molar refractivity (Wildman–Crippen MR) is 77.2 cm³/mol. The first kappa shape index (κ1) is 11.9. The molecule has 2 aromatic carbocycles. The lowest BCUT2D eigenvalue weighted by Gasteiger charge is -2.01. The summed E-state index contributed by atoms with van der Waals surface area (Å²) < 4.78 is 5.57. The van der Waals surface area contributed by atoms with Gasteiger partial charge in [-0.25, -0.2) is 0 Å². The Labute approximate surface area is 115 Å². The molecule has 0 fully saturated rings. The van der Waals surface area contributed by atoms with Crippen molar-refractivity contribution in [1.82, 2.24) is 4.98 Å². The fourth-order valence-electron chi connectivity index (χ4n) is 1.87. The summed E-state index contributed by atoms with van der Waals surface area (Å²) in [5, 5.41) is 3.82. The monoisotopic (exact) mass is 273 g/mol. The Hall–Kier alpha value is -2.20. The number of oxazole rings is 1. The van der Waals surface area contributed by atoms with E-state index in [1.54, 1.807) is 6.07 Å². The van der Waals surface area contributed by atoms with Crippen molar-refractivity contribution in [3.05, 3.63) is 53.1 Å². The van der Waals surface area contributed by atoms with Gasteiger partial charge >= 0.3 is 0 Å². The number of halogens is 1. The smallest absolute Gasteiger partial charge is 0.296 e. The fraction of sp³-hybridized carbons (Fsp3) is 0.0714. The van der Waals surface area contributed by atoms with Gasteiger partial charge in [-0.05, 0) is 29.8 Å². The molecule has 4 nitrogen and oxygen atoms in total. The lowest BCUT2D eigenvalue weighted by molar-refractivity contribution is 0.614. The summed E-state index contributed by atoms with van der Waals surface area (Å²) in [6.07, 6.45) is 0. The van der Waals surface area contributed by atoms with Crippen molar-refractivity contribution in [3.63, 3.8) is 0 Å². The predicted octanol–water partition coefficient (Wildman–Crippen LogP) is 3.68. The van der Waals surface area contributed by atoms with Crippen molar-refractivity contribution in [2.24, 2.45) is 0 Å². The van der Waals surface area contributed by atoms with Crippen LogP contribution in [-0.2, 0) is 6.54 Å². The number of para-hydroxylation sites is 1. The maximum Gasteiger partial charge on any atom is 0.296 e. The first-order chi connectivity index (χ1) is 9.22. The quantitative estimate of drug-likeness (QED) is 0.715. The van der Waals surface area contributed by atoms with Crippen LogP contribution >= 0.6 is 11.6 Å². The second-order valence-electron chi connectivity index (χ2n) is 4.20. The standard InChI is InChI=1S/C14H12ClN3O/c15-10-4-1-3-9(7-10)8-17-14-18-13-11(16)5-2-6-12(13)19-14/h1-7H,8,16H2,(H,17,18). The molecule has 5 heteroatoms. The van der Waals surface area contributed by atoms with Crippen molar-refractivity contribution in [2.75, 3.05) is 11.1 Å². The third-order valence-electron chi connectivity index (χ3n) is 2.78. The molecule has 3 N–H and O–H groups in total. The number of anilines is 2. The number of fused-ring (bicyclic) bond motifs is 1. The molecule has 0 aliphatic heterocycles. The van der Waals surface area contributed by atoms with Crippen LogP contribution in [0.25, 0.3) is 11.1 Å². The molecule has 0 atom stereocenters. The highest BCUT2D eigenvalue weighted by Crippen LogP contribution is 2.24. The van der Waals surface area contributed by atoms with E-state index < -0.39 is 0 Å². The molecule has 0 bridgehead atoms. The van der Waals surface area contributed by atoms with Crippen LogP contribution in [0.2, 0.25) is 5.02 Å². The maximum absolute atomic E-state index is 5.93. The van der Waals surface area contributed by atoms with E-state index in [9.17, 15) is 0 Å². The topological polar surface area (TPSA) is 64.1 Å². The van der Waals surface area contributed by atoms with Crippen LogP contribution in [0.3, 0.4) is 0 Å². The second kappa shape index (κ2) is 4.82. The first-order valence-corrected chi connectivity index (χ1v) is 6.23. The van der Waals surface area contributed by atoms with Gasteiger partial charge in [0, 0.05) is 11.6 Å². The lowest BCUT2D eigenvalue weighted by Crippen LogP contribution is -1.99. The van der Waals surface area contributed by atoms with Gasteiger partial charge in [0.1, 0.15) is 5.52 Å². The molecular formula is C14H12ClN3O. The number of benzene rings is 2. The van der Waals surface area contributed by atoms with Crippen molar-refractivity contribution in [1.29, 1.82) is 0 Å². The summed E-state index contributed by atoms with van der Waals surface area (Å²) in [6.45, 7) is 0.591. The molecule has 0 radical (unpaired) electrons. The van der Waals surface area contributed by atoms with E-state index in [1.165, 1.54) is 0 Å². The average Bonchev–Trinajstić information content (AvgIpc) is 2.81. The van der Waals surface area contributed by atoms with Crippen molar-refractivity contribution < 1.29 is 4.42 Å². The molecule has 3 rings (SSSR count). The summed E-state index contributed by atoms with van der Waals surface area (Å²) in [7, 11) is 0. The van der Waals surface area contributed by atoms with E-state index >= 15 is 0 Å². The molecule has 0 spiro atoms. The molecule has 0 amide bonds. The molecule has 0 saturated carbocycles. The third-order valence-corrected chi connectivity index (χ3v) is 3.02. The molecule has 0 aliphatic rings. The summed E-state index contributed by atoms with van der Waals surface area (Å²) in [5.74, 6) is 0. The molecule has 0 aliphatic carbocycles. The Morgan fingerprint density at radius 3 is 2.84 bits per heavy atom. The second-order valence-corrected chi connectivity index (χ2v) is 4.63. The molecule has 0 unspecified atom stereocenters. The van der Waals surface area contributed by atoms with Gasteiger partial charge in [0.05, 0.1) is 5.69 Å². The molecule has 1 heterocycles. The van der Waals surface area contributed by atoms with Crippen molar-refractivity contribution >= 4 is 34.4 Å². The Kier molecular flexibility index (Phi) is 3.01. The Morgan fingerprint density at radius 1 is 1.21 bits per heavy atom. The molecule has 1 aromatic heterocycles. The third kappa shape index (κ3) is 2.48. The number of nitrogens with zero attached hydrogens (tertiary/aromatic N) is 1. The molecule has 3 aromatic rings. The van der Waals surface area contributed by atoms with Crippen LogP contribution in [-0.4, -0.2) is 4.98 Å². The highest BCUT2D eigenvalue weighted by molar-refractivity contribution is 6.30. The van der Waals surface area contributed by atoms with E-state index in [0.717, 1.165) is 5.56 Å². The van der Waals surface area contributed by atoms with Crippen LogP contribution < -0.4 is 11.1 Å². The maximum atomic E-state index is 5.93. The van der Waals surface area contributed by atoms with Gasteiger partial charge < -0.3 is 15.5 Å². The highest BCUT2D eigenvalue weighted by atomic mass is 35.5. The Balaban J connectivity index is 1.80. The largest absolute Gasteiger partial charge is 0.423 e. The van der Waals surface area contributed by atoms with E-state index in [-0.39, 0.29) is 0 Å². The lowest BCUT2D eigenvalue weighted by atomic mass is 10.2. The van der Waals surface area contributed by atoms with E-state index in [1.807, 2.05) is 36.4 Å². The number of nitrogen functional groups attached to an aromatic ring is 1. The zero-order valence-corrected chi connectivity index (χ0v) is 10.8. The fourth-order valence-corrected chi connectivity index (χ4v) is 2.08. The van der Waals surface area contributed by atoms with Crippen LogP contribution in [0.1, 0.15) is 5.56 Å². The zero-order chi connectivity index (χ0) is 13.2. The van der Waals surface area contributed by atoms with Gasteiger partial charge in [-0.3, -0.25) is 0 Å². The summed E-state index contributed by atoms with van der Waals surface area (Å²) in [5.41, 5.74) is 8.85. The van der Waals surface area contributed by atoms with Gasteiger partial charge in [-0.15, -0.1) is 0 Å². The minimum Gasteiger partial charge on any atom is -0.423 e. The van der Waals surface area contributed by atoms with Crippen molar-refractivity contribution in [3.8, 4) is 0 Å². The van der Waals surface area contributed by atoms with Crippen LogP contribution in [0.15, 0.2) is 46.9 Å². The van der Waals surface area contributed by atoms with Crippen molar-refractivity contribution in [2.45, 2.75) is 6.54 Å². The number of nitrogens with one attached hydrogen (secondary N) is 1. The van der Waals surface area contributed by atoms with E-state index in [4.69, 9.17) is 21.8 Å². The van der Waals surface area contributed by atoms with Crippen LogP contribution in [0.4, 0.5) is 11.7 Å². The van der Waals surface area contributed by atoms with Crippen LogP contribution in [0.5, 0.6) is 0 Å². The van der Waals surface area contributed by atoms with E-state index in [0.29, 0.717) is 34.4 Å². The van der Waals surface area contributed by atoms with Gasteiger partial charge in [-0.2, -0.15) is 4.98 Å². The van der Waals surface area contributed by atoms with Gasteiger partial charge in [0.15, 0.2) is 5.58 Å². The van der Waals surface area contributed by atoms with Gasteiger partial charge in [0.25, 0.3) is 6.01 Å². The molecule has 96 valence electrons.